The highest BCUT2D eigenvalue weighted by Crippen LogP contribution is 2.41. The quantitative estimate of drug-likeness (QED) is 0.652. The molecule has 0 saturated heterocycles. The summed E-state index contributed by atoms with van der Waals surface area (Å²) in [6.07, 6.45) is 0.924. The van der Waals surface area contributed by atoms with Gasteiger partial charge < -0.3 is 5.73 Å². The number of nitro groups is 1. The van der Waals surface area contributed by atoms with E-state index in [1.54, 1.807) is 6.07 Å². The van der Waals surface area contributed by atoms with E-state index in [-0.39, 0.29) is 16.7 Å². The number of rotatable bonds is 2. The predicted molar refractivity (Wildman–Crippen MR) is 56.1 cm³/mol. The van der Waals surface area contributed by atoms with Gasteiger partial charge in [0.25, 0.3) is 5.69 Å². The minimum atomic E-state index is -0.387. The third kappa shape index (κ3) is 1.78. The third-order valence-electron chi connectivity index (χ3n) is 2.38. The molecule has 0 bridgehead atoms. The number of hydrogen-bond donors (Lipinski definition) is 1. The molecule has 14 heavy (non-hydrogen) atoms. The number of benzene rings is 1. The first-order valence-corrected chi connectivity index (χ1v) is 5.07. The van der Waals surface area contributed by atoms with Gasteiger partial charge in [0.2, 0.25) is 0 Å². The Morgan fingerprint density at radius 2 is 2.14 bits per heavy atom. The molecule has 4 nitrogen and oxygen atoms in total. The van der Waals surface area contributed by atoms with Crippen molar-refractivity contribution in [1.82, 2.24) is 0 Å². The van der Waals surface area contributed by atoms with E-state index in [1.807, 2.05) is 6.07 Å². The Morgan fingerprint density at radius 1 is 1.50 bits per heavy atom. The van der Waals surface area contributed by atoms with Crippen LogP contribution in [0.3, 0.4) is 0 Å². The van der Waals surface area contributed by atoms with Crippen molar-refractivity contribution < 1.29 is 4.92 Å². The van der Waals surface area contributed by atoms with Gasteiger partial charge in [-0.25, -0.2) is 0 Å². The lowest BCUT2D eigenvalue weighted by atomic mass is 10.1. The summed E-state index contributed by atoms with van der Waals surface area (Å²) in [6, 6.07) is 5.16. The zero-order valence-corrected chi connectivity index (χ0v) is 8.90. The first kappa shape index (κ1) is 9.61. The van der Waals surface area contributed by atoms with Crippen molar-refractivity contribution in [3.63, 3.8) is 0 Å². The van der Waals surface area contributed by atoms with E-state index in [2.05, 4.69) is 15.9 Å². The molecule has 1 aliphatic carbocycles. The monoisotopic (exact) mass is 256 g/mol. The summed E-state index contributed by atoms with van der Waals surface area (Å²) >= 11 is 3.25. The molecule has 0 aliphatic heterocycles. The maximum Gasteiger partial charge on any atom is 0.270 e. The van der Waals surface area contributed by atoms with Crippen LogP contribution in [0, 0.1) is 10.1 Å². The highest BCUT2D eigenvalue weighted by molar-refractivity contribution is 9.10. The lowest BCUT2D eigenvalue weighted by Gasteiger charge is -2.00. The molecule has 74 valence electrons. The van der Waals surface area contributed by atoms with Crippen LogP contribution in [0.4, 0.5) is 5.69 Å². The standard InChI is InChI=1S/C9H9BrN2O2/c10-6-1-5(8-4-9(8)11)2-7(3-6)12(13)14/h1-3,8-9H,4,11H2. The van der Waals surface area contributed by atoms with Crippen molar-refractivity contribution in [2.45, 2.75) is 18.4 Å². The van der Waals surface area contributed by atoms with Gasteiger partial charge in [-0.3, -0.25) is 10.1 Å². The molecule has 5 heteroatoms. The zero-order valence-electron chi connectivity index (χ0n) is 7.31. The molecule has 1 fully saturated rings. The van der Waals surface area contributed by atoms with Crippen LogP contribution in [-0.2, 0) is 0 Å². The molecule has 2 N–H and O–H groups in total. The second-order valence-electron chi connectivity index (χ2n) is 3.51. The smallest absolute Gasteiger partial charge is 0.270 e. The molecule has 1 aromatic carbocycles. The molecule has 0 heterocycles. The second-order valence-corrected chi connectivity index (χ2v) is 4.42. The molecule has 0 spiro atoms. The number of hydrogen-bond acceptors (Lipinski definition) is 3. The molecule has 1 aliphatic rings. The summed E-state index contributed by atoms with van der Waals surface area (Å²) in [5, 5.41) is 10.6. The maximum atomic E-state index is 10.6. The number of nitrogens with zero attached hydrogens (tertiary/aromatic N) is 1. The Bertz CT molecular complexity index is 394. The number of halogens is 1. The van der Waals surface area contributed by atoms with Crippen molar-refractivity contribution in [2.24, 2.45) is 5.73 Å². The predicted octanol–water partition coefficient (Wildman–Crippen LogP) is 2.17. The minimum absolute atomic E-state index is 0.119. The van der Waals surface area contributed by atoms with E-state index in [1.165, 1.54) is 6.07 Å². The summed E-state index contributed by atoms with van der Waals surface area (Å²) in [7, 11) is 0. The van der Waals surface area contributed by atoms with Crippen LogP contribution < -0.4 is 5.73 Å². The molecule has 2 unspecified atom stereocenters. The minimum Gasteiger partial charge on any atom is -0.327 e. The van der Waals surface area contributed by atoms with Crippen molar-refractivity contribution in [2.75, 3.05) is 0 Å². The average molecular weight is 257 g/mol. The summed E-state index contributed by atoms with van der Waals surface area (Å²) in [6.45, 7) is 0. The van der Waals surface area contributed by atoms with Gasteiger partial charge in [-0.2, -0.15) is 0 Å². The Morgan fingerprint density at radius 3 is 2.64 bits per heavy atom. The number of nitrogens with two attached hydrogens (primary N) is 1. The molecular weight excluding hydrogens is 248 g/mol. The van der Waals surface area contributed by atoms with Gasteiger partial charge >= 0.3 is 0 Å². The van der Waals surface area contributed by atoms with E-state index in [9.17, 15) is 10.1 Å². The Labute approximate surface area is 89.4 Å². The molecule has 0 aromatic heterocycles. The maximum absolute atomic E-state index is 10.6. The fourth-order valence-electron chi connectivity index (χ4n) is 1.51. The number of nitro benzene ring substituents is 1. The SMILES string of the molecule is NC1CC1c1cc(Br)cc([N+](=O)[O-])c1. The Balaban J connectivity index is 2.37. The van der Waals surface area contributed by atoms with E-state index >= 15 is 0 Å². The topological polar surface area (TPSA) is 69.2 Å². The van der Waals surface area contributed by atoms with Crippen LogP contribution in [-0.4, -0.2) is 11.0 Å². The third-order valence-corrected chi connectivity index (χ3v) is 2.84. The first-order chi connectivity index (χ1) is 6.58. The van der Waals surface area contributed by atoms with Crippen LogP contribution in [0.2, 0.25) is 0 Å². The molecule has 1 saturated carbocycles. The van der Waals surface area contributed by atoms with Crippen molar-refractivity contribution >= 4 is 21.6 Å². The highest BCUT2D eigenvalue weighted by atomic mass is 79.9. The highest BCUT2D eigenvalue weighted by Gasteiger charge is 2.35. The summed E-state index contributed by atoms with van der Waals surface area (Å²) in [4.78, 5) is 10.2. The van der Waals surface area contributed by atoms with Crippen molar-refractivity contribution in [1.29, 1.82) is 0 Å². The molecule has 2 rings (SSSR count). The van der Waals surface area contributed by atoms with Crippen molar-refractivity contribution in [3.8, 4) is 0 Å². The number of non-ortho nitro benzene ring substituents is 1. The lowest BCUT2D eigenvalue weighted by Crippen LogP contribution is -2.01. The molecular formula is C9H9BrN2O2. The van der Waals surface area contributed by atoms with Gasteiger partial charge in [0.1, 0.15) is 0 Å². The molecule has 0 radical (unpaired) electrons. The average Bonchev–Trinajstić information content (AvgIpc) is 2.81. The van der Waals surface area contributed by atoms with Gasteiger partial charge in [0, 0.05) is 28.6 Å². The van der Waals surface area contributed by atoms with Gasteiger partial charge in [-0.05, 0) is 18.1 Å². The van der Waals surface area contributed by atoms with E-state index < -0.39 is 0 Å². The van der Waals surface area contributed by atoms with Crippen LogP contribution in [0.5, 0.6) is 0 Å². The largest absolute Gasteiger partial charge is 0.327 e. The molecule has 0 amide bonds. The fourth-order valence-corrected chi connectivity index (χ4v) is 2.01. The first-order valence-electron chi connectivity index (χ1n) is 4.28. The fraction of sp³-hybridized carbons (Fsp3) is 0.333. The van der Waals surface area contributed by atoms with Gasteiger partial charge in [-0.15, -0.1) is 0 Å². The molecule has 1 aromatic rings. The Hall–Kier alpha value is -0.940. The van der Waals surface area contributed by atoms with Gasteiger partial charge in [0.15, 0.2) is 0 Å². The van der Waals surface area contributed by atoms with Crippen LogP contribution in [0.15, 0.2) is 22.7 Å². The zero-order chi connectivity index (χ0) is 10.3. The van der Waals surface area contributed by atoms with Gasteiger partial charge in [-0.1, -0.05) is 15.9 Å². The van der Waals surface area contributed by atoms with Crippen LogP contribution >= 0.6 is 15.9 Å². The summed E-state index contributed by atoms with van der Waals surface area (Å²) in [5.74, 6) is 0.297. The summed E-state index contributed by atoms with van der Waals surface area (Å²) in [5.41, 5.74) is 6.77. The van der Waals surface area contributed by atoms with Crippen LogP contribution in [0.25, 0.3) is 0 Å². The van der Waals surface area contributed by atoms with E-state index in [0.29, 0.717) is 5.92 Å². The van der Waals surface area contributed by atoms with Gasteiger partial charge in [0.05, 0.1) is 4.92 Å². The van der Waals surface area contributed by atoms with Crippen molar-refractivity contribution in [3.05, 3.63) is 38.3 Å². The van der Waals surface area contributed by atoms with Crippen LogP contribution in [0.1, 0.15) is 17.9 Å². The normalized spacial score (nSPS) is 24.7. The summed E-state index contributed by atoms with van der Waals surface area (Å²) < 4.78 is 0.737. The molecule has 2 atom stereocenters. The van der Waals surface area contributed by atoms with E-state index in [4.69, 9.17) is 5.73 Å². The van der Waals surface area contributed by atoms with E-state index in [0.717, 1.165) is 16.5 Å². The lowest BCUT2D eigenvalue weighted by molar-refractivity contribution is -0.385. The Kier molecular flexibility index (Phi) is 2.28. The second kappa shape index (κ2) is 3.33.